The number of benzene rings is 1. The molecule has 2 heterocycles. The second-order valence-corrected chi connectivity index (χ2v) is 6.09. The molecule has 0 saturated carbocycles. The number of methoxy groups -OCH3 is 1. The van der Waals surface area contributed by atoms with Crippen molar-refractivity contribution in [3.8, 4) is 5.69 Å². The van der Waals surface area contributed by atoms with Crippen LogP contribution in [0.1, 0.15) is 24.2 Å². The third kappa shape index (κ3) is 3.71. The molecule has 1 saturated heterocycles. The van der Waals surface area contributed by atoms with Gasteiger partial charge >= 0.3 is 5.97 Å². The zero-order valence-electron chi connectivity index (χ0n) is 14.5. The fourth-order valence-corrected chi connectivity index (χ4v) is 2.96. The highest BCUT2D eigenvalue weighted by molar-refractivity contribution is 5.95. The van der Waals surface area contributed by atoms with Gasteiger partial charge in [-0.15, -0.1) is 0 Å². The number of nitrogens with one attached hydrogen (secondary N) is 1. The van der Waals surface area contributed by atoms with Gasteiger partial charge in [0.25, 0.3) is 5.91 Å². The second-order valence-electron chi connectivity index (χ2n) is 6.09. The highest BCUT2D eigenvalue weighted by Crippen LogP contribution is 2.23. The Morgan fingerprint density at radius 2 is 2.00 bits per heavy atom. The number of carbonyl (C=O) groups excluding carboxylic acids is 2. The number of carbonyl (C=O) groups is 2. The molecule has 0 unspecified atom stereocenters. The monoisotopic (exact) mass is 343 g/mol. The van der Waals surface area contributed by atoms with Crippen LogP contribution in [0.4, 0.5) is 5.69 Å². The Labute approximate surface area is 145 Å². The SMILES string of the molecule is COC(=O)[C@@H]1CC[C@@H](C(=O)Nc2cccc(-n3nc(C)cc3C)c2)O1. The summed E-state index contributed by atoms with van der Waals surface area (Å²) in [7, 11) is 1.31. The molecule has 0 bridgehead atoms. The van der Waals surface area contributed by atoms with E-state index >= 15 is 0 Å². The molecule has 0 spiro atoms. The maximum Gasteiger partial charge on any atom is 0.335 e. The normalized spacial score (nSPS) is 19.6. The molecule has 1 amide bonds. The molecule has 7 heteroatoms. The van der Waals surface area contributed by atoms with Gasteiger partial charge in [-0.3, -0.25) is 4.79 Å². The van der Waals surface area contributed by atoms with Crippen molar-refractivity contribution in [2.45, 2.75) is 38.9 Å². The Hall–Kier alpha value is -2.67. The third-order valence-electron chi connectivity index (χ3n) is 4.14. The van der Waals surface area contributed by atoms with Gasteiger partial charge in [-0.25, -0.2) is 9.48 Å². The van der Waals surface area contributed by atoms with Crippen LogP contribution in [-0.2, 0) is 19.1 Å². The quantitative estimate of drug-likeness (QED) is 0.860. The highest BCUT2D eigenvalue weighted by Gasteiger charge is 2.35. The Bertz CT molecular complexity index is 799. The summed E-state index contributed by atoms with van der Waals surface area (Å²) in [5, 5.41) is 7.29. The first-order valence-electron chi connectivity index (χ1n) is 8.16. The number of hydrogen-bond acceptors (Lipinski definition) is 5. The van der Waals surface area contributed by atoms with Gasteiger partial charge in [-0.2, -0.15) is 5.10 Å². The molecule has 132 valence electrons. The van der Waals surface area contributed by atoms with Crippen LogP contribution in [0.3, 0.4) is 0 Å². The molecule has 0 aliphatic carbocycles. The lowest BCUT2D eigenvalue weighted by molar-refractivity contribution is -0.154. The smallest absolute Gasteiger partial charge is 0.335 e. The topological polar surface area (TPSA) is 82.5 Å². The molecule has 2 atom stereocenters. The van der Waals surface area contributed by atoms with E-state index < -0.39 is 18.2 Å². The molecule has 1 aliphatic heterocycles. The van der Waals surface area contributed by atoms with Gasteiger partial charge in [0.1, 0.15) is 6.10 Å². The van der Waals surface area contributed by atoms with Crippen molar-refractivity contribution in [3.63, 3.8) is 0 Å². The summed E-state index contributed by atoms with van der Waals surface area (Å²) >= 11 is 0. The van der Waals surface area contributed by atoms with E-state index in [1.807, 2.05) is 42.8 Å². The Morgan fingerprint density at radius 1 is 1.24 bits per heavy atom. The van der Waals surface area contributed by atoms with E-state index in [0.717, 1.165) is 17.1 Å². The first kappa shape index (κ1) is 17.2. The van der Waals surface area contributed by atoms with Crippen molar-refractivity contribution in [1.29, 1.82) is 0 Å². The van der Waals surface area contributed by atoms with Gasteiger partial charge < -0.3 is 14.8 Å². The van der Waals surface area contributed by atoms with Crippen LogP contribution in [0.25, 0.3) is 5.69 Å². The van der Waals surface area contributed by atoms with E-state index in [4.69, 9.17) is 4.74 Å². The largest absolute Gasteiger partial charge is 0.467 e. The molecule has 1 N–H and O–H groups in total. The van der Waals surface area contributed by atoms with Crippen molar-refractivity contribution in [1.82, 2.24) is 9.78 Å². The predicted octanol–water partition coefficient (Wildman–Crippen LogP) is 2.15. The van der Waals surface area contributed by atoms with Crippen LogP contribution in [0.2, 0.25) is 0 Å². The number of hydrogen-bond donors (Lipinski definition) is 1. The van der Waals surface area contributed by atoms with E-state index in [2.05, 4.69) is 15.2 Å². The molecular weight excluding hydrogens is 322 g/mol. The number of rotatable bonds is 4. The molecule has 7 nitrogen and oxygen atoms in total. The van der Waals surface area contributed by atoms with Gasteiger partial charge in [0.2, 0.25) is 0 Å². The molecule has 25 heavy (non-hydrogen) atoms. The minimum absolute atomic E-state index is 0.267. The molecular formula is C18H21N3O4. The lowest BCUT2D eigenvalue weighted by Gasteiger charge is -2.13. The summed E-state index contributed by atoms with van der Waals surface area (Å²) in [4.78, 5) is 23.9. The summed E-state index contributed by atoms with van der Waals surface area (Å²) in [6, 6.07) is 9.43. The molecule has 1 fully saturated rings. The number of amides is 1. The van der Waals surface area contributed by atoms with E-state index in [1.165, 1.54) is 7.11 Å². The number of aryl methyl sites for hydroxylation is 2. The maximum atomic E-state index is 12.4. The zero-order chi connectivity index (χ0) is 18.0. The van der Waals surface area contributed by atoms with Gasteiger partial charge in [0.05, 0.1) is 18.5 Å². The van der Waals surface area contributed by atoms with Gasteiger partial charge in [0, 0.05) is 11.4 Å². The van der Waals surface area contributed by atoms with Crippen LogP contribution >= 0.6 is 0 Å². The summed E-state index contributed by atoms with van der Waals surface area (Å²) in [5.41, 5.74) is 3.46. The Kier molecular flexibility index (Phi) is 4.85. The fraction of sp³-hybridized carbons (Fsp3) is 0.389. The molecule has 0 radical (unpaired) electrons. The number of anilines is 1. The minimum Gasteiger partial charge on any atom is -0.467 e. The lowest BCUT2D eigenvalue weighted by atomic mass is 10.2. The number of ether oxygens (including phenoxy) is 2. The molecule has 1 aliphatic rings. The van der Waals surface area contributed by atoms with Crippen molar-refractivity contribution >= 4 is 17.6 Å². The van der Waals surface area contributed by atoms with Crippen molar-refractivity contribution in [2.75, 3.05) is 12.4 Å². The highest BCUT2D eigenvalue weighted by atomic mass is 16.6. The van der Waals surface area contributed by atoms with Crippen molar-refractivity contribution in [2.24, 2.45) is 0 Å². The third-order valence-corrected chi connectivity index (χ3v) is 4.14. The first-order chi connectivity index (χ1) is 12.0. The zero-order valence-corrected chi connectivity index (χ0v) is 14.5. The van der Waals surface area contributed by atoms with Gasteiger partial charge in [-0.1, -0.05) is 6.07 Å². The summed E-state index contributed by atoms with van der Waals surface area (Å²) in [5.74, 6) is -0.709. The van der Waals surface area contributed by atoms with Crippen LogP contribution in [0.15, 0.2) is 30.3 Å². The van der Waals surface area contributed by atoms with Crippen molar-refractivity contribution in [3.05, 3.63) is 41.7 Å². The Morgan fingerprint density at radius 3 is 2.68 bits per heavy atom. The standard InChI is InChI=1S/C18H21N3O4/c1-11-9-12(2)21(20-11)14-6-4-5-13(10-14)19-17(22)15-7-8-16(25-15)18(23)24-3/h4-6,9-10,15-16H,7-8H2,1-3H3,(H,19,22)/t15-,16-/m0/s1. The predicted molar refractivity (Wildman–Crippen MR) is 91.6 cm³/mol. The first-order valence-corrected chi connectivity index (χ1v) is 8.16. The average molecular weight is 343 g/mol. The lowest BCUT2D eigenvalue weighted by Crippen LogP contribution is -2.30. The average Bonchev–Trinajstić information content (AvgIpc) is 3.21. The van der Waals surface area contributed by atoms with Crippen LogP contribution < -0.4 is 5.32 Å². The molecule has 1 aromatic heterocycles. The summed E-state index contributed by atoms with van der Waals surface area (Å²) in [6.07, 6.45) is -0.345. The summed E-state index contributed by atoms with van der Waals surface area (Å²) < 4.78 is 12.0. The van der Waals surface area contributed by atoms with E-state index in [9.17, 15) is 9.59 Å². The fourth-order valence-electron chi connectivity index (χ4n) is 2.96. The van der Waals surface area contributed by atoms with E-state index in [0.29, 0.717) is 18.5 Å². The van der Waals surface area contributed by atoms with Crippen molar-refractivity contribution < 1.29 is 19.1 Å². The van der Waals surface area contributed by atoms with E-state index in [-0.39, 0.29) is 5.91 Å². The second kappa shape index (κ2) is 7.06. The van der Waals surface area contributed by atoms with E-state index in [1.54, 1.807) is 6.07 Å². The molecule has 2 aromatic rings. The van der Waals surface area contributed by atoms with Gasteiger partial charge in [0.15, 0.2) is 6.10 Å². The molecule has 1 aromatic carbocycles. The summed E-state index contributed by atoms with van der Waals surface area (Å²) in [6.45, 7) is 3.91. The Balaban J connectivity index is 1.69. The van der Waals surface area contributed by atoms with Crippen LogP contribution in [0, 0.1) is 13.8 Å². The molecule has 3 rings (SSSR count). The number of aromatic nitrogens is 2. The maximum absolute atomic E-state index is 12.4. The van der Waals surface area contributed by atoms with Crippen LogP contribution in [0.5, 0.6) is 0 Å². The van der Waals surface area contributed by atoms with Crippen LogP contribution in [-0.4, -0.2) is 41.0 Å². The minimum atomic E-state index is -0.665. The number of nitrogens with zero attached hydrogens (tertiary/aromatic N) is 2. The number of esters is 1. The van der Waals surface area contributed by atoms with Gasteiger partial charge in [-0.05, 0) is 51.0 Å².